The predicted octanol–water partition coefficient (Wildman–Crippen LogP) is 4.17. The quantitative estimate of drug-likeness (QED) is 0.322. The zero-order valence-corrected chi connectivity index (χ0v) is 20.6. The summed E-state index contributed by atoms with van der Waals surface area (Å²) in [6.07, 6.45) is 0. The van der Waals surface area contributed by atoms with E-state index in [1.165, 1.54) is 0 Å². The van der Waals surface area contributed by atoms with Gasteiger partial charge in [-0.15, -0.1) is 0 Å². The van der Waals surface area contributed by atoms with Crippen molar-refractivity contribution < 1.29 is 24.2 Å². The molecule has 3 rings (SSSR count). The van der Waals surface area contributed by atoms with Crippen molar-refractivity contribution in [1.82, 2.24) is 9.80 Å². The summed E-state index contributed by atoms with van der Waals surface area (Å²) in [5, 5.41) is 11.3. The van der Waals surface area contributed by atoms with E-state index in [9.17, 15) is 14.7 Å². The van der Waals surface area contributed by atoms with Crippen molar-refractivity contribution in [2.24, 2.45) is 0 Å². The Morgan fingerprint density at radius 1 is 1.06 bits per heavy atom. The van der Waals surface area contributed by atoms with Gasteiger partial charge < -0.3 is 24.4 Å². The molecular weight excluding hydrogens is 432 g/mol. The molecule has 7 heteroatoms. The van der Waals surface area contributed by atoms with Gasteiger partial charge in [0.25, 0.3) is 11.7 Å². The average molecular weight is 467 g/mol. The number of aliphatic hydroxyl groups excluding tert-OH is 1. The number of nitrogens with zero attached hydrogens (tertiary/aromatic N) is 2. The number of Topliss-reactive ketones (excluding diaryl/α,β-unsaturated/α-hetero) is 1. The first kappa shape index (κ1) is 25.3. The predicted molar refractivity (Wildman–Crippen MR) is 132 cm³/mol. The molecule has 0 unspecified atom stereocenters. The van der Waals surface area contributed by atoms with Gasteiger partial charge >= 0.3 is 0 Å². The highest BCUT2D eigenvalue weighted by atomic mass is 16.5. The summed E-state index contributed by atoms with van der Waals surface area (Å²) in [6.45, 7) is 11.1. The lowest BCUT2D eigenvalue weighted by molar-refractivity contribution is -0.140. The zero-order valence-electron chi connectivity index (χ0n) is 20.6. The average Bonchev–Trinajstić information content (AvgIpc) is 3.10. The Morgan fingerprint density at radius 2 is 1.74 bits per heavy atom. The van der Waals surface area contributed by atoms with Crippen LogP contribution in [0.1, 0.15) is 43.5 Å². The van der Waals surface area contributed by atoms with Crippen molar-refractivity contribution in [3.63, 3.8) is 0 Å². The van der Waals surface area contributed by atoms with Crippen LogP contribution in [0.3, 0.4) is 0 Å². The molecule has 0 bridgehead atoms. The summed E-state index contributed by atoms with van der Waals surface area (Å²) >= 11 is 0. The molecule has 1 fully saturated rings. The number of rotatable bonds is 10. The maximum absolute atomic E-state index is 13.2. The van der Waals surface area contributed by atoms with E-state index in [1.54, 1.807) is 30.2 Å². The molecule has 182 valence electrons. The molecule has 0 aliphatic carbocycles. The van der Waals surface area contributed by atoms with Crippen molar-refractivity contribution in [2.45, 2.75) is 33.7 Å². The van der Waals surface area contributed by atoms with E-state index in [-0.39, 0.29) is 11.3 Å². The number of carbonyl (C=O) groups excluding carboxylic acids is 2. The van der Waals surface area contributed by atoms with Crippen molar-refractivity contribution >= 4 is 17.4 Å². The van der Waals surface area contributed by atoms with Gasteiger partial charge in [-0.25, -0.2) is 0 Å². The van der Waals surface area contributed by atoms with E-state index in [1.807, 2.05) is 38.1 Å². The van der Waals surface area contributed by atoms with E-state index < -0.39 is 17.7 Å². The van der Waals surface area contributed by atoms with Crippen molar-refractivity contribution in [3.8, 4) is 11.5 Å². The first-order valence-electron chi connectivity index (χ1n) is 11.7. The molecule has 0 saturated carbocycles. The summed E-state index contributed by atoms with van der Waals surface area (Å²) in [7, 11) is 1.58. The number of ketones is 1. The highest BCUT2D eigenvalue weighted by Crippen LogP contribution is 2.40. The molecule has 1 aliphatic rings. The minimum absolute atomic E-state index is 0.0956. The number of amides is 1. The number of ether oxygens (including phenoxy) is 2. The number of carbonyl (C=O) groups is 2. The Labute approximate surface area is 201 Å². The van der Waals surface area contributed by atoms with Gasteiger partial charge in [-0.1, -0.05) is 26.0 Å². The van der Waals surface area contributed by atoms with Crippen LogP contribution in [0.2, 0.25) is 0 Å². The largest absolute Gasteiger partial charge is 0.507 e. The lowest BCUT2D eigenvalue weighted by Crippen LogP contribution is -2.38. The van der Waals surface area contributed by atoms with E-state index in [0.29, 0.717) is 36.8 Å². The van der Waals surface area contributed by atoms with Crippen LogP contribution in [-0.4, -0.2) is 66.5 Å². The molecule has 1 N–H and O–H groups in total. The Balaban J connectivity index is 2.09. The van der Waals surface area contributed by atoms with Gasteiger partial charge in [0.05, 0.1) is 25.3 Å². The second-order valence-electron chi connectivity index (χ2n) is 8.21. The second kappa shape index (κ2) is 11.2. The fraction of sp³-hybridized carbons (Fsp3) is 0.407. The molecule has 34 heavy (non-hydrogen) atoms. The number of likely N-dealkylation sites (tertiary alicyclic amines) is 1. The van der Waals surface area contributed by atoms with Gasteiger partial charge in [-0.3, -0.25) is 9.59 Å². The third kappa shape index (κ3) is 5.09. The third-order valence-electron chi connectivity index (χ3n) is 6.27. The Hall–Kier alpha value is -3.32. The summed E-state index contributed by atoms with van der Waals surface area (Å²) in [5.41, 5.74) is 2.13. The standard InChI is InChI=1S/C27H34N2O5/c1-6-28(7-2)15-16-29-24(19-9-12-21(13-10-19)34-8-3)23(26(31)27(29)32)25(30)20-11-14-22(33-5)18(4)17-20/h9-14,17,24,30H,6-8,15-16H2,1-5H3/b25-23+/t24-/m0/s1. The molecule has 1 atom stereocenters. The molecule has 2 aromatic rings. The van der Waals surface area contributed by atoms with Crippen LogP contribution in [0.4, 0.5) is 0 Å². The molecular formula is C27H34N2O5. The Morgan fingerprint density at radius 3 is 2.29 bits per heavy atom. The Bertz CT molecular complexity index is 1060. The molecule has 2 aromatic carbocycles. The number of hydrogen-bond acceptors (Lipinski definition) is 6. The smallest absolute Gasteiger partial charge is 0.295 e. The van der Waals surface area contributed by atoms with Gasteiger partial charge in [0.15, 0.2) is 0 Å². The topological polar surface area (TPSA) is 79.3 Å². The number of methoxy groups -OCH3 is 1. The maximum atomic E-state index is 13.2. The molecule has 1 saturated heterocycles. The van der Waals surface area contributed by atoms with Gasteiger partial charge in [0.2, 0.25) is 0 Å². The minimum atomic E-state index is -0.686. The Kier molecular flexibility index (Phi) is 8.34. The highest BCUT2D eigenvalue weighted by molar-refractivity contribution is 6.46. The van der Waals surface area contributed by atoms with E-state index >= 15 is 0 Å². The molecule has 0 aromatic heterocycles. The van der Waals surface area contributed by atoms with Crippen LogP contribution in [0.25, 0.3) is 5.76 Å². The van der Waals surface area contributed by atoms with Crippen LogP contribution < -0.4 is 9.47 Å². The van der Waals surface area contributed by atoms with Gasteiger partial charge in [0.1, 0.15) is 17.3 Å². The molecule has 1 amide bonds. The molecule has 1 heterocycles. The third-order valence-corrected chi connectivity index (χ3v) is 6.27. The molecule has 0 spiro atoms. The summed E-state index contributed by atoms with van der Waals surface area (Å²) < 4.78 is 10.9. The highest BCUT2D eigenvalue weighted by Gasteiger charge is 2.46. The van der Waals surface area contributed by atoms with Crippen molar-refractivity contribution in [1.29, 1.82) is 0 Å². The van der Waals surface area contributed by atoms with Crippen LogP contribution in [-0.2, 0) is 9.59 Å². The fourth-order valence-electron chi connectivity index (χ4n) is 4.34. The SMILES string of the molecule is CCOc1ccc([C@H]2/C(=C(\O)c3ccc(OC)c(C)c3)C(=O)C(=O)N2CCN(CC)CC)cc1. The van der Waals surface area contributed by atoms with Crippen molar-refractivity contribution in [3.05, 3.63) is 64.7 Å². The van der Waals surface area contributed by atoms with Gasteiger partial charge in [-0.2, -0.15) is 0 Å². The maximum Gasteiger partial charge on any atom is 0.295 e. The van der Waals surface area contributed by atoms with Crippen LogP contribution in [0, 0.1) is 6.92 Å². The monoisotopic (exact) mass is 466 g/mol. The molecule has 7 nitrogen and oxygen atoms in total. The van der Waals surface area contributed by atoms with Gasteiger partial charge in [0, 0.05) is 18.7 Å². The number of aliphatic hydroxyl groups is 1. The van der Waals surface area contributed by atoms with Crippen LogP contribution in [0.5, 0.6) is 11.5 Å². The minimum Gasteiger partial charge on any atom is -0.507 e. The second-order valence-corrected chi connectivity index (χ2v) is 8.21. The van der Waals surface area contributed by atoms with E-state index in [4.69, 9.17) is 9.47 Å². The summed E-state index contributed by atoms with van der Waals surface area (Å²) in [6, 6.07) is 11.8. The van der Waals surface area contributed by atoms with E-state index in [0.717, 1.165) is 24.2 Å². The normalized spacial score (nSPS) is 17.5. The number of likely N-dealkylation sites (N-methyl/N-ethyl adjacent to an activating group) is 1. The number of hydrogen-bond donors (Lipinski definition) is 1. The van der Waals surface area contributed by atoms with Crippen LogP contribution >= 0.6 is 0 Å². The summed E-state index contributed by atoms with van der Waals surface area (Å²) in [5.74, 6) is -0.0769. The summed E-state index contributed by atoms with van der Waals surface area (Å²) in [4.78, 5) is 30.1. The molecule has 1 aliphatic heterocycles. The fourth-order valence-corrected chi connectivity index (χ4v) is 4.34. The number of benzene rings is 2. The first-order chi connectivity index (χ1) is 16.4. The van der Waals surface area contributed by atoms with E-state index in [2.05, 4.69) is 18.7 Å². The molecule has 0 radical (unpaired) electrons. The first-order valence-corrected chi connectivity index (χ1v) is 11.7. The lowest BCUT2D eigenvalue weighted by atomic mass is 9.94. The van der Waals surface area contributed by atoms with Gasteiger partial charge in [-0.05, 0) is 68.4 Å². The van der Waals surface area contributed by atoms with Crippen LogP contribution in [0.15, 0.2) is 48.0 Å². The number of aryl methyl sites for hydroxylation is 1. The zero-order chi connectivity index (χ0) is 24.8. The van der Waals surface area contributed by atoms with Crippen molar-refractivity contribution in [2.75, 3.05) is 39.9 Å². The lowest BCUT2D eigenvalue weighted by Gasteiger charge is -2.28.